The standard InChI is InChI=1S/C31H29N3O2S2/c1-3-20-10-7-11-21(4-2)30(20)34-29(36)19-37-31-33-26-16-15-24(18-27(26)38-31)32-28(35)17-23-13-8-12-22-9-5-6-14-25(22)23/h5-16,18H,3-4,17,19H2,1-2H3,(H,32,35)(H,34,36). The highest BCUT2D eigenvalue weighted by molar-refractivity contribution is 8.01. The number of nitrogens with zero attached hydrogens (tertiary/aromatic N) is 1. The molecule has 5 aromatic rings. The molecule has 0 unspecified atom stereocenters. The summed E-state index contributed by atoms with van der Waals surface area (Å²) in [5, 5.41) is 8.36. The Kier molecular flexibility index (Phi) is 8.05. The molecule has 1 aromatic heterocycles. The predicted octanol–water partition coefficient (Wildman–Crippen LogP) is 7.49. The number of anilines is 2. The Hall–Kier alpha value is -3.68. The van der Waals surface area contributed by atoms with Crippen LogP contribution in [0.5, 0.6) is 0 Å². The van der Waals surface area contributed by atoms with Crippen LogP contribution in [0.3, 0.4) is 0 Å². The van der Waals surface area contributed by atoms with Crippen LogP contribution in [0.25, 0.3) is 21.0 Å². The first-order valence-corrected chi connectivity index (χ1v) is 14.5. The van der Waals surface area contributed by atoms with Crippen molar-refractivity contribution in [3.05, 3.63) is 95.6 Å². The Labute approximate surface area is 230 Å². The van der Waals surface area contributed by atoms with Gasteiger partial charge in [-0.05, 0) is 58.5 Å². The van der Waals surface area contributed by atoms with Crippen molar-refractivity contribution in [2.75, 3.05) is 16.4 Å². The molecule has 0 fully saturated rings. The van der Waals surface area contributed by atoms with E-state index in [0.29, 0.717) is 6.42 Å². The molecule has 4 aromatic carbocycles. The Morgan fingerprint density at radius 1 is 0.816 bits per heavy atom. The third kappa shape index (κ3) is 5.90. The molecule has 7 heteroatoms. The molecule has 1 heterocycles. The number of hydrogen-bond donors (Lipinski definition) is 2. The van der Waals surface area contributed by atoms with Crippen molar-refractivity contribution < 1.29 is 9.59 Å². The third-order valence-corrected chi connectivity index (χ3v) is 8.63. The number of carbonyl (C=O) groups is 2. The van der Waals surface area contributed by atoms with E-state index >= 15 is 0 Å². The number of amides is 2. The topological polar surface area (TPSA) is 71.1 Å². The van der Waals surface area contributed by atoms with Crippen LogP contribution in [0.4, 0.5) is 11.4 Å². The van der Waals surface area contributed by atoms with Crippen LogP contribution >= 0.6 is 23.1 Å². The van der Waals surface area contributed by atoms with Crippen molar-refractivity contribution in [1.82, 2.24) is 4.98 Å². The Bertz CT molecular complexity index is 1600. The van der Waals surface area contributed by atoms with Crippen molar-refractivity contribution >= 4 is 67.3 Å². The number of para-hydroxylation sites is 1. The van der Waals surface area contributed by atoms with E-state index in [0.717, 1.165) is 66.2 Å². The van der Waals surface area contributed by atoms with E-state index in [-0.39, 0.29) is 17.6 Å². The molecular weight excluding hydrogens is 510 g/mol. The summed E-state index contributed by atoms with van der Waals surface area (Å²) < 4.78 is 1.80. The Balaban J connectivity index is 1.22. The second kappa shape index (κ2) is 11.8. The maximum Gasteiger partial charge on any atom is 0.234 e. The van der Waals surface area contributed by atoms with E-state index in [9.17, 15) is 9.59 Å². The van der Waals surface area contributed by atoms with Gasteiger partial charge in [0.1, 0.15) is 0 Å². The molecular formula is C31H29N3O2S2. The van der Waals surface area contributed by atoms with Gasteiger partial charge in [-0.25, -0.2) is 4.98 Å². The number of aromatic nitrogens is 1. The molecule has 0 radical (unpaired) electrons. The zero-order chi connectivity index (χ0) is 26.5. The minimum atomic E-state index is -0.0599. The lowest BCUT2D eigenvalue weighted by atomic mass is 10.0. The average Bonchev–Trinajstić information content (AvgIpc) is 3.34. The maximum absolute atomic E-state index is 12.8. The molecule has 5 nitrogen and oxygen atoms in total. The maximum atomic E-state index is 12.8. The van der Waals surface area contributed by atoms with E-state index in [1.807, 2.05) is 54.6 Å². The molecule has 2 amide bonds. The van der Waals surface area contributed by atoms with Gasteiger partial charge in [0.2, 0.25) is 11.8 Å². The van der Waals surface area contributed by atoms with Gasteiger partial charge in [-0.3, -0.25) is 9.59 Å². The molecule has 192 valence electrons. The van der Waals surface area contributed by atoms with E-state index in [2.05, 4.69) is 53.7 Å². The van der Waals surface area contributed by atoms with E-state index < -0.39 is 0 Å². The average molecular weight is 540 g/mol. The fourth-order valence-corrected chi connectivity index (χ4v) is 6.48. The molecule has 0 aliphatic carbocycles. The highest BCUT2D eigenvalue weighted by Crippen LogP contribution is 2.32. The zero-order valence-corrected chi connectivity index (χ0v) is 23.0. The van der Waals surface area contributed by atoms with Crippen LogP contribution in [0.1, 0.15) is 30.5 Å². The molecule has 0 atom stereocenters. The second-order valence-electron chi connectivity index (χ2n) is 9.02. The van der Waals surface area contributed by atoms with Gasteiger partial charge in [0.05, 0.1) is 22.4 Å². The van der Waals surface area contributed by atoms with Crippen molar-refractivity contribution in [2.24, 2.45) is 0 Å². The van der Waals surface area contributed by atoms with Crippen molar-refractivity contribution in [1.29, 1.82) is 0 Å². The van der Waals surface area contributed by atoms with Crippen LogP contribution < -0.4 is 10.6 Å². The molecule has 0 spiro atoms. The molecule has 0 bridgehead atoms. The summed E-state index contributed by atoms with van der Waals surface area (Å²) in [6, 6.07) is 26.0. The second-order valence-corrected chi connectivity index (χ2v) is 11.3. The van der Waals surface area contributed by atoms with Gasteiger partial charge in [0.15, 0.2) is 4.34 Å². The first kappa shape index (κ1) is 25.9. The predicted molar refractivity (Wildman–Crippen MR) is 160 cm³/mol. The lowest BCUT2D eigenvalue weighted by Crippen LogP contribution is -2.16. The molecule has 0 saturated carbocycles. The highest BCUT2D eigenvalue weighted by atomic mass is 32.2. The van der Waals surface area contributed by atoms with Gasteiger partial charge in [0.25, 0.3) is 0 Å². The van der Waals surface area contributed by atoms with Crippen molar-refractivity contribution in [3.63, 3.8) is 0 Å². The lowest BCUT2D eigenvalue weighted by molar-refractivity contribution is -0.115. The van der Waals surface area contributed by atoms with E-state index in [4.69, 9.17) is 0 Å². The Morgan fingerprint density at radius 3 is 2.32 bits per heavy atom. The number of rotatable bonds is 9. The fraction of sp³-hybridized carbons (Fsp3) is 0.194. The SMILES string of the molecule is CCc1cccc(CC)c1NC(=O)CSc1nc2ccc(NC(=O)Cc3cccc4ccccc34)cc2s1. The quantitative estimate of drug-likeness (QED) is 0.190. The number of carbonyl (C=O) groups excluding carboxylic acids is 2. The molecule has 0 aliphatic rings. The van der Waals surface area contributed by atoms with Crippen LogP contribution in [-0.2, 0) is 28.9 Å². The zero-order valence-electron chi connectivity index (χ0n) is 21.4. The van der Waals surface area contributed by atoms with Crippen molar-refractivity contribution in [3.8, 4) is 0 Å². The van der Waals surface area contributed by atoms with Crippen LogP contribution in [0, 0.1) is 0 Å². The summed E-state index contributed by atoms with van der Waals surface area (Å²) in [5.41, 5.74) is 5.84. The molecule has 38 heavy (non-hydrogen) atoms. The van der Waals surface area contributed by atoms with Gasteiger partial charge >= 0.3 is 0 Å². The number of thioether (sulfide) groups is 1. The number of nitrogens with one attached hydrogen (secondary N) is 2. The monoisotopic (exact) mass is 539 g/mol. The first-order chi connectivity index (χ1) is 18.5. The van der Waals surface area contributed by atoms with Gasteiger partial charge < -0.3 is 10.6 Å². The number of thiazole rings is 1. The minimum absolute atomic E-state index is 0.0359. The number of fused-ring (bicyclic) bond motifs is 2. The normalized spacial score (nSPS) is 11.1. The van der Waals surface area contributed by atoms with E-state index in [1.165, 1.54) is 23.1 Å². The summed E-state index contributed by atoms with van der Waals surface area (Å²) in [5.74, 6) is 0.192. The molecule has 0 saturated heterocycles. The number of aryl methyl sites for hydroxylation is 2. The molecule has 2 N–H and O–H groups in total. The van der Waals surface area contributed by atoms with E-state index in [1.54, 1.807) is 0 Å². The summed E-state index contributed by atoms with van der Waals surface area (Å²) in [4.78, 5) is 30.2. The van der Waals surface area contributed by atoms with Gasteiger partial charge in [-0.15, -0.1) is 11.3 Å². The van der Waals surface area contributed by atoms with Crippen LogP contribution in [-0.4, -0.2) is 22.6 Å². The Morgan fingerprint density at radius 2 is 1.53 bits per heavy atom. The summed E-state index contributed by atoms with van der Waals surface area (Å²) in [6.45, 7) is 4.20. The number of hydrogen-bond acceptors (Lipinski definition) is 5. The number of benzene rings is 4. The van der Waals surface area contributed by atoms with Crippen LogP contribution in [0.15, 0.2) is 83.2 Å². The highest BCUT2D eigenvalue weighted by Gasteiger charge is 2.13. The summed E-state index contributed by atoms with van der Waals surface area (Å²) in [7, 11) is 0. The first-order valence-electron chi connectivity index (χ1n) is 12.7. The lowest BCUT2D eigenvalue weighted by Gasteiger charge is -2.14. The van der Waals surface area contributed by atoms with Gasteiger partial charge in [-0.1, -0.05) is 86.3 Å². The minimum Gasteiger partial charge on any atom is -0.326 e. The van der Waals surface area contributed by atoms with Gasteiger partial charge in [0, 0.05) is 11.4 Å². The fourth-order valence-electron chi connectivity index (χ4n) is 4.57. The van der Waals surface area contributed by atoms with Crippen LogP contribution in [0.2, 0.25) is 0 Å². The summed E-state index contributed by atoms with van der Waals surface area (Å²) in [6.07, 6.45) is 2.05. The molecule has 0 aliphatic heterocycles. The smallest absolute Gasteiger partial charge is 0.234 e. The largest absolute Gasteiger partial charge is 0.326 e. The van der Waals surface area contributed by atoms with Crippen molar-refractivity contribution in [2.45, 2.75) is 37.4 Å². The molecule has 5 rings (SSSR count). The third-order valence-electron chi connectivity index (χ3n) is 6.47. The van der Waals surface area contributed by atoms with Gasteiger partial charge in [-0.2, -0.15) is 0 Å². The summed E-state index contributed by atoms with van der Waals surface area (Å²) >= 11 is 2.96.